The number of carbonyl (C=O) groups excluding carboxylic acids is 1. The molecule has 0 radical (unpaired) electrons. The summed E-state index contributed by atoms with van der Waals surface area (Å²) in [5, 5.41) is 2.80. The number of carbonyl (C=O) groups is 1. The van der Waals surface area contributed by atoms with Gasteiger partial charge < -0.3 is 10.1 Å². The van der Waals surface area contributed by atoms with E-state index in [4.69, 9.17) is 4.74 Å². The van der Waals surface area contributed by atoms with Gasteiger partial charge in [-0.15, -0.1) is 0 Å². The Bertz CT molecular complexity index is 407. The minimum atomic E-state index is -0.449. The summed E-state index contributed by atoms with van der Waals surface area (Å²) in [4.78, 5) is 11.5. The van der Waals surface area contributed by atoms with E-state index < -0.39 is 5.82 Å². The Morgan fingerprint density at radius 3 is 2.89 bits per heavy atom. The molecule has 1 unspecified atom stereocenters. The highest BCUT2D eigenvalue weighted by atomic mass is 19.1. The zero-order chi connectivity index (χ0) is 13.5. The summed E-state index contributed by atoms with van der Waals surface area (Å²) in [7, 11) is 0. The van der Waals surface area contributed by atoms with Crippen LogP contribution in [0.15, 0.2) is 18.2 Å². The predicted octanol–water partition coefficient (Wildman–Crippen LogP) is 2.82. The van der Waals surface area contributed by atoms with Crippen molar-refractivity contribution >= 4 is 5.91 Å². The first-order chi connectivity index (χ1) is 8.52. The largest absolute Gasteiger partial charge is 0.481 e. The third kappa shape index (κ3) is 4.73. The molecule has 0 aliphatic rings. The summed E-state index contributed by atoms with van der Waals surface area (Å²) < 4.78 is 18.5. The molecular weight excluding hydrogens is 233 g/mol. The third-order valence-electron chi connectivity index (χ3n) is 2.57. The molecule has 0 aromatic heterocycles. The van der Waals surface area contributed by atoms with E-state index in [1.165, 1.54) is 6.07 Å². The third-order valence-corrected chi connectivity index (χ3v) is 2.57. The summed E-state index contributed by atoms with van der Waals surface area (Å²) in [6.45, 7) is 5.68. The topological polar surface area (TPSA) is 38.3 Å². The van der Waals surface area contributed by atoms with Crippen LogP contribution in [0.25, 0.3) is 0 Å². The SMILES string of the molecule is CCCC(C)NC(=O)COc1cc(C)ccc1F. The van der Waals surface area contributed by atoms with E-state index in [1.807, 2.05) is 13.8 Å². The lowest BCUT2D eigenvalue weighted by Gasteiger charge is -2.13. The Morgan fingerprint density at radius 2 is 2.22 bits per heavy atom. The van der Waals surface area contributed by atoms with Crippen molar-refractivity contribution in [3.05, 3.63) is 29.6 Å². The van der Waals surface area contributed by atoms with Crippen molar-refractivity contribution < 1.29 is 13.9 Å². The summed E-state index contributed by atoms with van der Waals surface area (Å²) in [5.74, 6) is -0.555. The van der Waals surface area contributed by atoms with Gasteiger partial charge in [-0.25, -0.2) is 4.39 Å². The van der Waals surface area contributed by atoms with Gasteiger partial charge in [-0.2, -0.15) is 0 Å². The van der Waals surface area contributed by atoms with Crippen molar-refractivity contribution in [3.8, 4) is 5.75 Å². The summed E-state index contributed by atoms with van der Waals surface area (Å²) in [5.41, 5.74) is 0.895. The normalized spacial score (nSPS) is 12.0. The minimum Gasteiger partial charge on any atom is -0.481 e. The first-order valence-corrected chi connectivity index (χ1v) is 6.21. The molecule has 18 heavy (non-hydrogen) atoms. The first-order valence-electron chi connectivity index (χ1n) is 6.21. The Hall–Kier alpha value is -1.58. The van der Waals surface area contributed by atoms with Gasteiger partial charge in [-0.1, -0.05) is 19.4 Å². The van der Waals surface area contributed by atoms with Gasteiger partial charge in [0.15, 0.2) is 18.2 Å². The van der Waals surface area contributed by atoms with Gasteiger partial charge in [-0.3, -0.25) is 4.79 Å². The number of amides is 1. The second-order valence-electron chi connectivity index (χ2n) is 4.48. The zero-order valence-corrected chi connectivity index (χ0v) is 11.1. The van der Waals surface area contributed by atoms with Crippen LogP contribution in [0.2, 0.25) is 0 Å². The first kappa shape index (κ1) is 14.5. The van der Waals surface area contributed by atoms with E-state index >= 15 is 0 Å². The number of ether oxygens (including phenoxy) is 1. The molecule has 4 heteroatoms. The van der Waals surface area contributed by atoms with Gasteiger partial charge >= 0.3 is 0 Å². The average molecular weight is 253 g/mol. The van der Waals surface area contributed by atoms with Crippen LogP contribution in [0.1, 0.15) is 32.3 Å². The molecule has 1 atom stereocenters. The maximum absolute atomic E-state index is 13.3. The number of rotatable bonds is 6. The molecule has 1 rings (SSSR count). The smallest absolute Gasteiger partial charge is 0.258 e. The van der Waals surface area contributed by atoms with E-state index in [2.05, 4.69) is 12.2 Å². The molecule has 0 bridgehead atoms. The van der Waals surface area contributed by atoms with Crippen LogP contribution >= 0.6 is 0 Å². The summed E-state index contributed by atoms with van der Waals surface area (Å²) in [6, 6.07) is 4.69. The fourth-order valence-corrected chi connectivity index (χ4v) is 1.69. The molecule has 100 valence electrons. The van der Waals surface area contributed by atoms with E-state index in [0.29, 0.717) is 0 Å². The van der Waals surface area contributed by atoms with Crippen LogP contribution in [-0.4, -0.2) is 18.6 Å². The van der Waals surface area contributed by atoms with Crippen LogP contribution < -0.4 is 10.1 Å². The monoisotopic (exact) mass is 253 g/mol. The second-order valence-corrected chi connectivity index (χ2v) is 4.48. The van der Waals surface area contributed by atoms with E-state index in [0.717, 1.165) is 18.4 Å². The number of hydrogen-bond donors (Lipinski definition) is 1. The molecular formula is C14H20FNO2. The number of halogens is 1. The number of nitrogens with one attached hydrogen (secondary N) is 1. The van der Waals surface area contributed by atoms with Crippen LogP contribution in [0.3, 0.4) is 0 Å². The lowest BCUT2D eigenvalue weighted by Crippen LogP contribution is -2.36. The highest BCUT2D eigenvalue weighted by Gasteiger charge is 2.09. The van der Waals surface area contributed by atoms with Crippen molar-refractivity contribution in [1.29, 1.82) is 0 Å². The lowest BCUT2D eigenvalue weighted by atomic mass is 10.2. The van der Waals surface area contributed by atoms with Crippen LogP contribution in [-0.2, 0) is 4.79 Å². The molecule has 1 N–H and O–H groups in total. The van der Waals surface area contributed by atoms with Gasteiger partial charge in [0.25, 0.3) is 5.91 Å². The molecule has 0 spiro atoms. The van der Waals surface area contributed by atoms with Crippen molar-refractivity contribution in [2.75, 3.05) is 6.61 Å². The highest BCUT2D eigenvalue weighted by Crippen LogP contribution is 2.18. The molecule has 0 saturated carbocycles. The number of benzene rings is 1. The Kier molecular flexibility index (Phi) is 5.62. The quantitative estimate of drug-likeness (QED) is 0.846. The van der Waals surface area contributed by atoms with E-state index in [1.54, 1.807) is 12.1 Å². The minimum absolute atomic E-state index is 0.119. The Labute approximate surface area is 107 Å². The maximum atomic E-state index is 13.3. The van der Waals surface area contributed by atoms with Gasteiger partial charge in [0.1, 0.15) is 0 Å². The van der Waals surface area contributed by atoms with E-state index in [9.17, 15) is 9.18 Å². The lowest BCUT2D eigenvalue weighted by molar-refractivity contribution is -0.123. The van der Waals surface area contributed by atoms with Gasteiger partial charge in [0, 0.05) is 6.04 Å². The van der Waals surface area contributed by atoms with Gasteiger partial charge in [-0.05, 0) is 38.0 Å². The zero-order valence-electron chi connectivity index (χ0n) is 11.1. The molecule has 1 aromatic carbocycles. The summed E-state index contributed by atoms with van der Waals surface area (Å²) in [6.07, 6.45) is 1.93. The maximum Gasteiger partial charge on any atom is 0.258 e. The van der Waals surface area contributed by atoms with Crippen molar-refractivity contribution in [3.63, 3.8) is 0 Å². The molecule has 0 aliphatic heterocycles. The van der Waals surface area contributed by atoms with Crippen molar-refractivity contribution in [2.45, 2.75) is 39.7 Å². The fourth-order valence-electron chi connectivity index (χ4n) is 1.69. The molecule has 3 nitrogen and oxygen atoms in total. The van der Waals surface area contributed by atoms with Crippen LogP contribution in [0.5, 0.6) is 5.75 Å². The van der Waals surface area contributed by atoms with Crippen molar-refractivity contribution in [1.82, 2.24) is 5.32 Å². The van der Waals surface area contributed by atoms with Crippen LogP contribution in [0, 0.1) is 12.7 Å². The predicted molar refractivity (Wildman–Crippen MR) is 69.1 cm³/mol. The number of hydrogen-bond acceptors (Lipinski definition) is 2. The molecule has 1 aromatic rings. The standard InChI is InChI=1S/C14H20FNO2/c1-4-5-11(3)16-14(17)9-18-13-8-10(2)6-7-12(13)15/h6-8,11H,4-5,9H2,1-3H3,(H,16,17). The van der Waals surface area contributed by atoms with Gasteiger partial charge in [0.05, 0.1) is 0 Å². The van der Waals surface area contributed by atoms with Gasteiger partial charge in [0.2, 0.25) is 0 Å². The number of aryl methyl sites for hydroxylation is 1. The molecule has 1 amide bonds. The van der Waals surface area contributed by atoms with Crippen molar-refractivity contribution in [2.24, 2.45) is 0 Å². The summed E-state index contributed by atoms with van der Waals surface area (Å²) >= 11 is 0. The second kappa shape index (κ2) is 6.99. The molecule has 0 fully saturated rings. The Balaban J connectivity index is 2.45. The van der Waals surface area contributed by atoms with E-state index in [-0.39, 0.29) is 24.3 Å². The highest BCUT2D eigenvalue weighted by molar-refractivity contribution is 5.77. The molecule has 0 heterocycles. The Morgan fingerprint density at radius 1 is 1.50 bits per heavy atom. The molecule has 0 saturated heterocycles. The molecule has 0 aliphatic carbocycles. The van der Waals surface area contributed by atoms with Crippen LogP contribution in [0.4, 0.5) is 4.39 Å². The fraction of sp³-hybridized carbons (Fsp3) is 0.500. The average Bonchev–Trinajstić information content (AvgIpc) is 2.30.